The van der Waals surface area contributed by atoms with Crippen LogP contribution in [0.25, 0.3) is 0 Å². The Hall–Kier alpha value is -4.54. The molecule has 1 aliphatic carbocycles. The van der Waals surface area contributed by atoms with Crippen molar-refractivity contribution >= 4 is 29.3 Å². The van der Waals surface area contributed by atoms with Gasteiger partial charge in [-0.05, 0) is 66.3 Å². The Balaban J connectivity index is 1.53. The Labute approximate surface area is 241 Å². The third-order valence-electron chi connectivity index (χ3n) is 7.03. The molecule has 0 heterocycles. The topological polar surface area (TPSA) is 108 Å². The lowest BCUT2D eigenvalue weighted by Crippen LogP contribution is -2.34. The van der Waals surface area contributed by atoms with Crippen molar-refractivity contribution < 1.29 is 37.4 Å². The predicted octanol–water partition coefficient (Wildman–Crippen LogP) is 7.08. The number of carboxylic acid groups (broad SMARTS) is 1. The molecule has 0 atom stereocenters. The zero-order chi connectivity index (χ0) is 30.1. The molecule has 0 saturated heterocycles. The number of aliphatic carboxylic acids is 1. The maximum Gasteiger partial charge on any atom is 0.573 e. The number of nitrogens with zero attached hydrogens (tertiary/aromatic N) is 1. The first-order valence-corrected chi connectivity index (χ1v) is 13.7. The number of nitrogens with one attached hydrogen (secondary N) is 2. The summed E-state index contributed by atoms with van der Waals surface area (Å²) >= 11 is 0. The molecular weight excluding hydrogens is 551 g/mol. The van der Waals surface area contributed by atoms with Gasteiger partial charge in [0.15, 0.2) is 0 Å². The summed E-state index contributed by atoms with van der Waals surface area (Å²) in [7, 11) is 0. The van der Waals surface area contributed by atoms with E-state index in [-0.39, 0.29) is 25.2 Å². The molecule has 8 nitrogen and oxygen atoms in total. The summed E-state index contributed by atoms with van der Waals surface area (Å²) in [5, 5.41) is 13.9. The van der Waals surface area contributed by atoms with Gasteiger partial charge in [-0.3, -0.25) is 14.5 Å². The molecule has 1 fully saturated rings. The lowest BCUT2D eigenvalue weighted by atomic mass is 9.84. The molecule has 0 bridgehead atoms. The van der Waals surface area contributed by atoms with Gasteiger partial charge in [-0.25, -0.2) is 4.79 Å². The SMILES string of the molecule is O=C(O)CCNC(=O)c1ccc(CN(C(=O)Nc2cccc(OC(F)(F)F)c2)c2ccc(C3CCCCC3)cc2)cc1. The van der Waals surface area contributed by atoms with E-state index in [2.05, 4.69) is 15.4 Å². The number of carbonyl (C=O) groups excluding carboxylic acids is 2. The molecule has 11 heteroatoms. The average molecular weight is 584 g/mol. The summed E-state index contributed by atoms with van der Waals surface area (Å²) in [4.78, 5) is 37.9. The van der Waals surface area contributed by atoms with Crippen molar-refractivity contribution in [3.8, 4) is 5.75 Å². The molecule has 1 aliphatic rings. The predicted molar refractivity (Wildman–Crippen MR) is 152 cm³/mol. The minimum atomic E-state index is -4.87. The van der Waals surface area contributed by atoms with Gasteiger partial charge in [0, 0.05) is 29.5 Å². The van der Waals surface area contributed by atoms with Crippen LogP contribution in [0, 0.1) is 0 Å². The number of alkyl halides is 3. The number of rotatable bonds is 10. The molecule has 3 amide bonds. The smallest absolute Gasteiger partial charge is 0.481 e. The fourth-order valence-corrected chi connectivity index (χ4v) is 4.93. The molecule has 3 aromatic rings. The van der Waals surface area contributed by atoms with E-state index in [0.29, 0.717) is 22.7 Å². The summed E-state index contributed by atoms with van der Waals surface area (Å²) in [5.41, 5.74) is 2.94. The van der Waals surface area contributed by atoms with Crippen LogP contribution in [0.1, 0.15) is 65.9 Å². The van der Waals surface area contributed by atoms with Crippen molar-refractivity contribution in [2.24, 2.45) is 0 Å². The number of halogens is 3. The van der Waals surface area contributed by atoms with Gasteiger partial charge in [-0.15, -0.1) is 13.2 Å². The number of hydrogen-bond donors (Lipinski definition) is 3. The van der Waals surface area contributed by atoms with Gasteiger partial charge < -0.3 is 20.5 Å². The molecule has 0 aromatic heterocycles. The third-order valence-corrected chi connectivity index (χ3v) is 7.03. The highest BCUT2D eigenvalue weighted by Crippen LogP contribution is 2.34. The van der Waals surface area contributed by atoms with Crippen molar-refractivity contribution in [3.05, 3.63) is 89.5 Å². The summed E-state index contributed by atoms with van der Waals surface area (Å²) < 4.78 is 42.1. The van der Waals surface area contributed by atoms with Gasteiger partial charge in [0.25, 0.3) is 5.91 Å². The van der Waals surface area contributed by atoms with Gasteiger partial charge in [0.2, 0.25) is 0 Å². The number of benzene rings is 3. The summed E-state index contributed by atoms with van der Waals surface area (Å²) in [6.45, 7) is 0.101. The number of urea groups is 1. The number of amides is 3. The molecule has 4 rings (SSSR count). The monoisotopic (exact) mass is 583 g/mol. The number of anilines is 2. The fraction of sp³-hybridized carbons (Fsp3) is 0.323. The normalized spacial score (nSPS) is 13.7. The molecule has 0 aliphatic heterocycles. The zero-order valence-electron chi connectivity index (χ0n) is 22.8. The Morgan fingerprint density at radius 3 is 2.26 bits per heavy atom. The second-order valence-electron chi connectivity index (χ2n) is 10.1. The number of carboxylic acids is 1. The second kappa shape index (κ2) is 13.9. The van der Waals surface area contributed by atoms with Gasteiger partial charge in [0.05, 0.1) is 13.0 Å². The van der Waals surface area contributed by atoms with Crippen LogP contribution < -0.4 is 20.3 Å². The van der Waals surface area contributed by atoms with Gasteiger partial charge in [-0.1, -0.05) is 49.6 Å². The quantitative estimate of drug-likeness (QED) is 0.237. The van der Waals surface area contributed by atoms with E-state index >= 15 is 0 Å². The number of carbonyl (C=O) groups is 3. The highest BCUT2D eigenvalue weighted by molar-refractivity contribution is 6.01. The average Bonchev–Trinajstić information content (AvgIpc) is 2.96. The van der Waals surface area contributed by atoms with Crippen LogP contribution in [0.4, 0.5) is 29.3 Å². The van der Waals surface area contributed by atoms with E-state index in [0.717, 1.165) is 25.0 Å². The van der Waals surface area contributed by atoms with Crippen LogP contribution in [-0.2, 0) is 11.3 Å². The van der Waals surface area contributed by atoms with Gasteiger partial charge >= 0.3 is 18.4 Å². The summed E-state index contributed by atoms with van der Waals surface area (Å²) in [6.07, 6.45) is 0.788. The third kappa shape index (κ3) is 8.98. The summed E-state index contributed by atoms with van der Waals surface area (Å²) in [5.74, 6) is -1.42. The van der Waals surface area contributed by atoms with Crippen LogP contribution in [0.3, 0.4) is 0 Å². The largest absolute Gasteiger partial charge is 0.573 e. The molecule has 0 radical (unpaired) electrons. The fourth-order valence-electron chi connectivity index (χ4n) is 4.93. The van der Waals surface area contributed by atoms with Crippen LogP contribution in [-0.4, -0.2) is 35.9 Å². The molecular formula is C31H32F3N3O5. The van der Waals surface area contributed by atoms with E-state index in [1.54, 1.807) is 24.3 Å². The van der Waals surface area contributed by atoms with E-state index < -0.39 is 30.0 Å². The summed E-state index contributed by atoms with van der Waals surface area (Å²) in [6, 6.07) is 18.7. The van der Waals surface area contributed by atoms with Crippen LogP contribution in [0.5, 0.6) is 5.75 Å². The minimum absolute atomic E-state index is 0.00404. The molecule has 3 N–H and O–H groups in total. The van der Waals surface area contributed by atoms with E-state index in [4.69, 9.17) is 5.11 Å². The van der Waals surface area contributed by atoms with Crippen molar-refractivity contribution in [2.45, 2.75) is 57.3 Å². The first kappa shape index (κ1) is 30.4. The van der Waals surface area contributed by atoms with Crippen molar-refractivity contribution in [1.82, 2.24) is 5.32 Å². The van der Waals surface area contributed by atoms with Crippen molar-refractivity contribution in [2.75, 3.05) is 16.8 Å². The van der Waals surface area contributed by atoms with E-state index in [1.165, 1.54) is 41.9 Å². The van der Waals surface area contributed by atoms with Crippen LogP contribution in [0.15, 0.2) is 72.8 Å². The highest BCUT2D eigenvalue weighted by Gasteiger charge is 2.31. The molecule has 0 spiro atoms. The zero-order valence-corrected chi connectivity index (χ0v) is 22.8. The van der Waals surface area contributed by atoms with Gasteiger partial charge in [0.1, 0.15) is 5.75 Å². The second-order valence-corrected chi connectivity index (χ2v) is 10.1. The van der Waals surface area contributed by atoms with Crippen molar-refractivity contribution in [3.63, 3.8) is 0 Å². The first-order chi connectivity index (χ1) is 20.1. The van der Waals surface area contributed by atoms with Crippen LogP contribution >= 0.6 is 0 Å². The Morgan fingerprint density at radius 1 is 0.929 bits per heavy atom. The standard InChI is InChI=1S/C31H32F3N3O5/c32-31(33,34)42-27-8-4-7-25(19-27)36-30(41)37(26-15-13-23(14-16-26)22-5-2-1-3-6-22)20-21-9-11-24(12-10-21)29(40)35-18-17-28(38)39/h4,7-16,19,22H,1-3,5-6,17-18,20H2,(H,35,40)(H,36,41)(H,38,39). The maximum atomic E-state index is 13.5. The lowest BCUT2D eigenvalue weighted by molar-refractivity contribution is -0.274. The Bertz CT molecular complexity index is 1370. The molecule has 1 saturated carbocycles. The number of ether oxygens (including phenoxy) is 1. The van der Waals surface area contributed by atoms with E-state index in [9.17, 15) is 27.6 Å². The molecule has 3 aromatic carbocycles. The number of hydrogen-bond acceptors (Lipinski definition) is 4. The first-order valence-electron chi connectivity index (χ1n) is 13.7. The maximum absolute atomic E-state index is 13.5. The minimum Gasteiger partial charge on any atom is -0.481 e. The van der Waals surface area contributed by atoms with Crippen LogP contribution in [0.2, 0.25) is 0 Å². The Kier molecular flexibility index (Phi) is 10.1. The van der Waals surface area contributed by atoms with E-state index in [1.807, 2.05) is 24.3 Å². The molecule has 222 valence electrons. The highest BCUT2D eigenvalue weighted by atomic mass is 19.4. The molecule has 0 unspecified atom stereocenters. The Morgan fingerprint density at radius 2 is 1.62 bits per heavy atom. The lowest BCUT2D eigenvalue weighted by Gasteiger charge is -2.26. The van der Waals surface area contributed by atoms with Crippen molar-refractivity contribution in [1.29, 1.82) is 0 Å². The molecule has 42 heavy (non-hydrogen) atoms. The van der Waals surface area contributed by atoms with Gasteiger partial charge in [-0.2, -0.15) is 0 Å².